The summed E-state index contributed by atoms with van der Waals surface area (Å²) in [6.07, 6.45) is -0.526. The molecule has 33 heavy (non-hydrogen) atoms. The molecule has 0 fully saturated rings. The van der Waals surface area contributed by atoms with Crippen LogP contribution in [0.25, 0.3) is 11.4 Å². The van der Waals surface area contributed by atoms with Crippen LogP contribution in [0.4, 0.5) is 17.6 Å². The van der Waals surface area contributed by atoms with Crippen molar-refractivity contribution >= 4 is 5.91 Å². The zero-order valence-corrected chi connectivity index (χ0v) is 17.5. The van der Waals surface area contributed by atoms with E-state index in [1.807, 2.05) is 0 Å². The lowest BCUT2D eigenvalue weighted by molar-refractivity contribution is -0.153. The van der Waals surface area contributed by atoms with Gasteiger partial charge in [0.2, 0.25) is 5.91 Å². The van der Waals surface area contributed by atoms with Crippen LogP contribution in [0.5, 0.6) is 5.75 Å². The van der Waals surface area contributed by atoms with Crippen LogP contribution in [0.15, 0.2) is 42.9 Å². The normalized spacial score (nSPS) is 12.4. The van der Waals surface area contributed by atoms with Gasteiger partial charge < -0.3 is 15.2 Å². The number of aromatic nitrogens is 4. The first-order valence-corrected chi connectivity index (χ1v) is 9.85. The second-order valence-electron chi connectivity index (χ2n) is 7.15. The molecule has 3 aromatic rings. The summed E-state index contributed by atoms with van der Waals surface area (Å²) in [4.78, 5) is 20.6. The summed E-state index contributed by atoms with van der Waals surface area (Å²) in [5.74, 6) is -1.16. The topological polar surface area (TPSA) is 102 Å². The van der Waals surface area contributed by atoms with Gasteiger partial charge in [0.15, 0.2) is 12.4 Å². The van der Waals surface area contributed by atoms with Crippen molar-refractivity contribution in [1.82, 2.24) is 25.1 Å². The van der Waals surface area contributed by atoms with E-state index in [1.54, 1.807) is 13.1 Å². The number of hydrogen-bond acceptors (Lipinski definition) is 6. The molecule has 0 bridgehead atoms. The molecular weight excluding hydrogens is 446 g/mol. The third-order valence-corrected chi connectivity index (χ3v) is 4.60. The molecule has 0 radical (unpaired) electrons. The first-order valence-electron chi connectivity index (χ1n) is 9.85. The molecule has 0 saturated carbocycles. The average Bonchev–Trinajstić information content (AvgIpc) is 3.17. The van der Waals surface area contributed by atoms with Crippen LogP contribution < -0.4 is 10.1 Å². The lowest BCUT2D eigenvalue weighted by Crippen LogP contribution is -2.31. The predicted molar refractivity (Wildman–Crippen MR) is 108 cm³/mol. The third-order valence-electron chi connectivity index (χ3n) is 4.60. The van der Waals surface area contributed by atoms with Gasteiger partial charge >= 0.3 is 6.18 Å². The van der Waals surface area contributed by atoms with Crippen molar-refractivity contribution < 1.29 is 32.2 Å². The number of nitrogens with zero attached hydrogens (tertiary/aromatic N) is 4. The van der Waals surface area contributed by atoms with Crippen LogP contribution in [-0.4, -0.2) is 50.2 Å². The maximum atomic E-state index is 14.5. The molecular formula is C21H21F4N5O3. The minimum atomic E-state index is -4.48. The van der Waals surface area contributed by atoms with E-state index in [9.17, 15) is 27.5 Å². The van der Waals surface area contributed by atoms with Gasteiger partial charge in [-0.3, -0.25) is 19.4 Å². The summed E-state index contributed by atoms with van der Waals surface area (Å²) in [5, 5.41) is 16.0. The fourth-order valence-corrected chi connectivity index (χ4v) is 3.07. The number of aryl methyl sites for hydroxylation is 1. The number of ether oxygens (including phenoxy) is 1. The van der Waals surface area contributed by atoms with Crippen LogP contribution in [-0.2, 0) is 18.3 Å². The summed E-state index contributed by atoms with van der Waals surface area (Å²) >= 11 is 0. The van der Waals surface area contributed by atoms with Crippen molar-refractivity contribution in [3.63, 3.8) is 0 Å². The number of rotatable bonds is 9. The lowest BCUT2D eigenvalue weighted by Gasteiger charge is -2.18. The third kappa shape index (κ3) is 6.72. The van der Waals surface area contributed by atoms with Crippen molar-refractivity contribution in [2.75, 3.05) is 13.2 Å². The van der Waals surface area contributed by atoms with Crippen LogP contribution in [0.2, 0.25) is 0 Å². The Morgan fingerprint density at radius 1 is 1.24 bits per heavy atom. The summed E-state index contributed by atoms with van der Waals surface area (Å²) in [5.41, 5.74) is 1.25. The van der Waals surface area contributed by atoms with Gasteiger partial charge in [0, 0.05) is 26.0 Å². The van der Waals surface area contributed by atoms with Crippen LogP contribution in [0, 0.1) is 5.82 Å². The van der Waals surface area contributed by atoms with Crippen LogP contribution >= 0.6 is 0 Å². The zero-order valence-electron chi connectivity index (χ0n) is 17.5. The molecule has 1 atom stereocenters. The minimum absolute atomic E-state index is 0.0831. The number of nitrogens with one attached hydrogen (secondary N) is 1. The van der Waals surface area contributed by atoms with E-state index in [1.165, 1.54) is 35.3 Å². The number of pyridine rings is 2. The highest BCUT2D eigenvalue weighted by molar-refractivity contribution is 5.79. The number of hydrogen-bond donors (Lipinski definition) is 2. The van der Waals surface area contributed by atoms with E-state index < -0.39 is 30.5 Å². The summed E-state index contributed by atoms with van der Waals surface area (Å²) < 4.78 is 57.4. The monoisotopic (exact) mass is 467 g/mol. The Morgan fingerprint density at radius 2 is 2.03 bits per heavy atom. The Labute approximate surface area is 186 Å². The van der Waals surface area contributed by atoms with Crippen molar-refractivity contribution in [2.45, 2.75) is 25.1 Å². The highest BCUT2D eigenvalue weighted by atomic mass is 19.4. The molecule has 0 unspecified atom stereocenters. The number of aliphatic hydroxyl groups excluding tert-OH is 1. The van der Waals surface area contributed by atoms with Crippen molar-refractivity contribution in [2.24, 2.45) is 7.05 Å². The molecule has 0 aliphatic carbocycles. The first-order chi connectivity index (χ1) is 15.7. The number of halogens is 4. The van der Waals surface area contributed by atoms with Crippen molar-refractivity contribution in [3.8, 4) is 17.1 Å². The van der Waals surface area contributed by atoms with Crippen molar-refractivity contribution in [1.29, 1.82) is 0 Å². The fraction of sp³-hybridized carbons (Fsp3) is 0.333. The first kappa shape index (κ1) is 24.1. The standard InChI is InChI=1S/C21H21F4N5O3/c1-30-18(4-6-28-30)20-15(22)8-13(10-27-20)9-19(32)29-17(5-7-31)16-3-2-14(11-26-16)33-12-21(23,24)25/h2-4,6,8,10-11,17,31H,5,7,9,12H2,1H3,(H,29,32)/t17-/m1/s1. The molecule has 8 nitrogen and oxygen atoms in total. The maximum absolute atomic E-state index is 14.5. The molecule has 12 heteroatoms. The summed E-state index contributed by atoms with van der Waals surface area (Å²) in [7, 11) is 1.65. The molecule has 3 rings (SSSR count). The minimum Gasteiger partial charge on any atom is -0.483 e. The van der Waals surface area contributed by atoms with Gasteiger partial charge in [-0.15, -0.1) is 0 Å². The number of carbonyl (C=O) groups excluding carboxylic acids is 1. The van der Waals surface area contributed by atoms with E-state index in [4.69, 9.17) is 0 Å². The van der Waals surface area contributed by atoms with Crippen molar-refractivity contribution in [3.05, 3.63) is 59.9 Å². The molecule has 2 N–H and O–H groups in total. The van der Waals surface area contributed by atoms with Gasteiger partial charge in [0.1, 0.15) is 11.4 Å². The molecule has 0 spiro atoms. The molecule has 176 valence electrons. The molecule has 1 amide bonds. The molecule has 0 aliphatic rings. The number of aliphatic hydroxyl groups is 1. The molecule has 3 heterocycles. The van der Waals surface area contributed by atoms with E-state index in [0.717, 1.165) is 6.20 Å². The van der Waals surface area contributed by atoms with E-state index in [-0.39, 0.29) is 30.9 Å². The smallest absolute Gasteiger partial charge is 0.422 e. The highest BCUT2D eigenvalue weighted by Crippen LogP contribution is 2.22. The second kappa shape index (κ2) is 10.4. The highest BCUT2D eigenvalue weighted by Gasteiger charge is 2.28. The Morgan fingerprint density at radius 3 is 2.61 bits per heavy atom. The molecule has 0 aromatic carbocycles. The maximum Gasteiger partial charge on any atom is 0.422 e. The van der Waals surface area contributed by atoms with E-state index in [0.29, 0.717) is 17.0 Å². The van der Waals surface area contributed by atoms with Gasteiger partial charge in [-0.25, -0.2) is 4.39 Å². The second-order valence-corrected chi connectivity index (χ2v) is 7.15. The van der Waals surface area contributed by atoms with Crippen LogP contribution in [0.3, 0.4) is 0 Å². The number of alkyl halides is 3. The predicted octanol–water partition coefficient (Wildman–Crippen LogP) is 2.74. The largest absolute Gasteiger partial charge is 0.483 e. The van der Waals surface area contributed by atoms with E-state index >= 15 is 0 Å². The Hall–Kier alpha value is -3.54. The van der Waals surface area contributed by atoms with Gasteiger partial charge in [0.05, 0.1) is 30.0 Å². The Bertz CT molecular complexity index is 1090. The Kier molecular flexibility index (Phi) is 7.59. The molecule has 3 aromatic heterocycles. The SMILES string of the molecule is Cn1nccc1-c1ncc(CC(=O)N[C@H](CCO)c2ccc(OCC(F)(F)F)cn2)cc1F. The molecule has 0 saturated heterocycles. The van der Waals surface area contributed by atoms with Crippen LogP contribution in [0.1, 0.15) is 23.7 Å². The number of amides is 1. The fourth-order valence-electron chi connectivity index (χ4n) is 3.07. The quantitative estimate of drug-likeness (QED) is 0.470. The zero-order chi connectivity index (χ0) is 24.0. The number of carbonyl (C=O) groups is 1. The summed E-state index contributed by atoms with van der Waals surface area (Å²) in [6.45, 7) is -1.72. The molecule has 0 aliphatic heterocycles. The Balaban J connectivity index is 1.64. The van der Waals surface area contributed by atoms with E-state index in [2.05, 4.69) is 25.1 Å². The van der Waals surface area contributed by atoms with Gasteiger partial charge in [-0.05, 0) is 36.2 Å². The van der Waals surface area contributed by atoms with Gasteiger partial charge in [-0.2, -0.15) is 18.3 Å². The summed E-state index contributed by atoms with van der Waals surface area (Å²) in [6, 6.07) is 4.81. The lowest BCUT2D eigenvalue weighted by atomic mass is 10.1. The average molecular weight is 467 g/mol. The van der Waals surface area contributed by atoms with Gasteiger partial charge in [0.25, 0.3) is 0 Å². The van der Waals surface area contributed by atoms with Gasteiger partial charge in [-0.1, -0.05) is 0 Å².